The van der Waals surface area contributed by atoms with E-state index in [-0.39, 0.29) is 21.4 Å². The third kappa shape index (κ3) is 3.50. The summed E-state index contributed by atoms with van der Waals surface area (Å²) in [5, 5.41) is 25.4. The van der Waals surface area contributed by atoms with E-state index in [0.29, 0.717) is 16.6 Å². The molecule has 0 saturated heterocycles. The lowest BCUT2D eigenvalue weighted by molar-refractivity contribution is -0.175. The summed E-state index contributed by atoms with van der Waals surface area (Å²) in [5.41, 5.74) is -5.70. The van der Waals surface area contributed by atoms with Gasteiger partial charge in [0.1, 0.15) is 11.4 Å². The van der Waals surface area contributed by atoms with Crippen molar-refractivity contribution in [3.63, 3.8) is 0 Å². The first-order valence-corrected chi connectivity index (χ1v) is 10.2. The number of rotatable bonds is 5. The molecule has 0 radical (unpaired) electrons. The third-order valence-electron chi connectivity index (χ3n) is 5.54. The molecule has 4 aromatic rings. The van der Waals surface area contributed by atoms with E-state index in [1.807, 2.05) is 0 Å². The standard InChI is InChI=1S/C23H17Cl2F3N2O2/c1-22(32,23(28,21(26)27)18-7-6-15(24)10-19(18)25)14-5-8-20-13(9-14)12-29-30(20)16-3-2-4-17(31)11-16/h2-12,21,31-32H,1H3. The minimum atomic E-state index is -3.60. The predicted octanol–water partition coefficient (Wildman–Crippen LogP) is 6.38. The lowest BCUT2D eigenvalue weighted by Gasteiger charge is -2.39. The fourth-order valence-corrected chi connectivity index (χ4v) is 4.30. The Balaban J connectivity index is 1.84. The molecule has 0 saturated carbocycles. The number of fused-ring (bicyclic) bond motifs is 1. The first-order chi connectivity index (χ1) is 15.1. The zero-order valence-electron chi connectivity index (χ0n) is 16.6. The number of alkyl halides is 3. The molecule has 0 bridgehead atoms. The predicted molar refractivity (Wildman–Crippen MR) is 118 cm³/mol. The molecule has 32 heavy (non-hydrogen) atoms. The Morgan fingerprint density at radius 2 is 1.78 bits per heavy atom. The van der Waals surface area contributed by atoms with Crippen molar-refractivity contribution in [1.29, 1.82) is 0 Å². The summed E-state index contributed by atoms with van der Waals surface area (Å²) >= 11 is 11.9. The molecule has 0 aliphatic carbocycles. The van der Waals surface area contributed by atoms with Gasteiger partial charge in [-0.05, 0) is 48.9 Å². The Hall–Kier alpha value is -2.74. The van der Waals surface area contributed by atoms with Crippen LogP contribution in [0.15, 0.2) is 66.9 Å². The highest BCUT2D eigenvalue weighted by molar-refractivity contribution is 6.35. The molecule has 0 aliphatic heterocycles. The van der Waals surface area contributed by atoms with Crippen molar-refractivity contribution in [3.05, 3.63) is 88.0 Å². The number of phenols is 1. The van der Waals surface area contributed by atoms with Crippen LogP contribution >= 0.6 is 23.2 Å². The summed E-state index contributed by atoms with van der Waals surface area (Å²) in [6.07, 6.45) is -2.14. The van der Waals surface area contributed by atoms with Gasteiger partial charge in [0.2, 0.25) is 5.67 Å². The Morgan fingerprint density at radius 3 is 2.44 bits per heavy atom. The van der Waals surface area contributed by atoms with E-state index in [2.05, 4.69) is 5.10 Å². The Labute approximate surface area is 191 Å². The first kappa shape index (κ1) is 22.5. The zero-order chi connectivity index (χ0) is 23.3. The number of aliphatic hydroxyl groups is 1. The van der Waals surface area contributed by atoms with E-state index in [9.17, 15) is 19.0 Å². The second-order valence-corrected chi connectivity index (χ2v) is 8.40. The highest BCUT2D eigenvalue weighted by Gasteiger charge is 2.58. The molecule has 9 heteroatoms. The van der Waals surface area contributed by atoms with Crippen LogP contribution in [-0.4, -0.2) is 26.4 Å². The molecular formula is C23H17Cl2F3N2O2. The van der Waals surface area contributed by atoms with Gasteiger partial charge in [-0.2, -0.15) is 5.10 Å². The van der Waals surface area contributed by atoms with Crippen molar-refractivity contribution in [1.82, 2.24) is 9.78 Å². The minimum Gasteiger partial charge on any atom is -0.508 e. The molecule has 2 N–H and O–H groups in total. The molecule has 4 nitrogen and oxygen atoms in total. The molecular weight excluding hydrogens is 464 g/mol. The maximum absolute atomic E-state index is 16.0. The molecule has 3 aromatic carbocycles. The molecule has 0 amide bonds. The van der Waals surface area contributed by atoms with E-state index in [1.54, 1.807) is 12.1 Å². The highest BCUT2D eigenvalue weighted by atomic mass is 35.5. The van der Waals surface area contributed by atoms with Crippen LogP contribution < -0.4 is 0 Å². The van der Waals surface area contributed by atoms with Gasteiger partial charge in [-0.25, -0.2) is 17.9 Å². The number of hydrogen-bond donors (Lipinski definition) is 2. The summed E-state index contributed by atoms with van der Waals surface area (Å²) in [4.78, 5) is 0. The van der Waals surface area contributed by atoms with Gasteiger partial charge in [0.05, 0.1) is 17.4 Å². The van der Waals surface area contributed by atoms with E-state index in [4.69, 9.17) is 23.2 Å². The first-order valence-electron chi connectivity index (χ1n) is 9.48. The smallest absolute Gasteiger partial charge is 0.279 e. The van der Waals surface area contributed by atoms with E-state index < -0.39 is 23.3 Å². The summed E-state index contributed by atoms with van der Waals surface area (Å²) in [6, 6.07) is 14.1. The molecule has 1 heterocycles. The quantitative estimate of drug-likeness (QED) is 0.348. The number of aromatic hydroxyl groups is 1. The van der Waals surface area contributed by atoms with Gasteiger partial charge in [-0.15, -0.1) is 0 Å². The van der Waals surface area contributed by atoms with Gasteiger partial charge in [-0.3, -0.25) is 0 Å². The fraction of sp³-hybridized carbons (Fsp3) is 0.174. The molecule has 2 unspecified atom stereocenters. The van der Waals surface area contributed by atoms with Gasteiger partial charge in [0.25, 0.3) is 6.43 Å². The Bertz CT molecular complexity index is 1310. The van der Waals surface area contributed by atoms with Gasteiger partial charge in [0, 0.05) is 27.1 Å². The largest absolute Gasteiger partial charge is 0.508 e. The molecule has 2 atom stereocenters. The van der Waals surface area contributed by atoms with Gasteiger partial charge in [0.15, 0.2) is 0 Å². The molecule has 0 spiro atoms. The second kappa shape index (κ2) is 7.99. The molecule has 4 rings (SSSR count). The number of halogens is 5. The van der Waals surface area contributed by atoms with Crippen LogP contribution in [0.25, 0.3) is 16.6 Å². The van der Waals surface area contributed by atoms with Gasteiger partial charge < -0.3 is 10.2 Å². The van der Waals surface area contributed by atoms with Crippen molar-refractivity contribution in [2.45, 2.75) is 24.6 Å². The van der Waals surface area contributed by atoms with Crippen molar-refractivity contribution < 1.29 is 23.4 Å². The van der Waals surface area contributed by atoms with Crippen molar-refractivity contribution >= 4 is 34.1 Å². The summed E-state index contributed by atoms with van der Waals surface area (Å²) in [6.45, 7) is 0.977. The van der Waals surface area contributed by atoms with Crippen LogP contribution in [0.2, 0.25) is 10.0 Å². The highest BCUT2D eigenvalue weighted by Crippen LogP contribution is 2.50. The Kier molecular flexibility index (Phi) is 5.61. The summed E-state index contributed by atoms with van der Waals surface area (Å²) in [7, 11) is 0. The van der Waals surface area contributed by atoms with Crippen LogP contribution in [0.3, 0.4) is 0 Å². The zero-order valence-corrected chi connectivity index (χ0v) is 18.1. The number of phenolic OH excluding ortho intramolecular Hbond substituents is 1. The lowest BCUT2D eigenvalue weighted by Crippen LogP contribution is -2.49. The van der Waals surface area contributed by atoms with Crippen molar-refractivity contribution in [2.75, 3.05) is 0 Å². The Morgan fingerprint density at radius 1 is 1.03 bits per heavy atom. The maximum Gasteiger partial charge on any atom is 0.279 e. The molecule has 1 aromatic heterocycles. The third-order valence-corrected chi connectivity index (χ3v) is 6.08. The van der Waals surface area contributed by atoms with Crippen LogP contribution in [-0.2, 0) is 11.3 Å². The minimum absolute atomic E-state index is 0.0460. The van der Waals surface area contributed by atoms with E-state index in [0.717, 1.165) is 19.1 Å². The van der Waals surface area contributed by atoms with E-state index in [1.165, 1.54) is 47.3 Å². The van der Waals surface area contributed by atoms with Crippen molar-refractivity contribution in [3.8, 4) is 11.4 Å². The summed E-state index contributed by atoms with van der Waals surface area (Å²) < 4.78 is 45.9. The van der Waals surface area contributed by atoms with Crippen LogP contribution in [0.5, 0.6) is 5.75 Å². The monoisotopic (exact) mass is 480 g/mol. The number of benzene rings is 3. The average Bonchev–Trinajstić information content (AvgIpc) is 3.16. The average molecular weight is 481 g/mol. The van der Waals surface area contributed by atoms with Gasteiger partial charge >= 0.3 is 0 Å². The fourth-order valence-electron chi connectivity index (χ4n) is 3.75. The topological polar surface area (TPSA) is 58.3 Å². The second-order valence-electron chi connectivity index (χ2n) is 7.56. The molecule has 0 fully saturated rings. The lowest BCUT2D eigenvalue weighted by atomic mass is 9.76. The maximum atomic E-state index is 16.0. The van der Waals surface area contributed by atoms with Crippen molar-refractivity contribution in [2.24, 2.45) is 0 Å². The number of nitrogens with zero attached hydrogens (tertiary/aromatic N) is 2. The number of hydrogen-bond acceptors (Lipinski definition) is 3. The van der Waals surface area contributed by atoms with Crippen LogP contribution in [0.1, 0.15) is 18.1 Å². The number of aromatic nitrogens is 2. The van der Waals surface area contributed by atoms with Crippen LogP contribution in [0, 0.1) is 0 Å². The van der Waals surface area contributed by atoms with Gasteiger partial charge in [-0.1, -0.05) is 41.4 Å². The molecule has 166 valence electrons. The van der Waals surface area contributed by atoms with E-state index >= 15 is 4.39 Å². The normalized spacial score (nSPS) is 15.6. The van der Waals surface area contributed by atoms with Crippen LogP contribution in [0.4, 0.5) is 13.2 Å². The summed E-state index contributed by atoms with van der Waals surface area (Å²) in [5.74, 6) is 0.0460. The SMILES string of the molecule is CC(O)(c1ccc2c(cnn2-c2cccc(O)c2)c1)C(F)(c1ccc(Cl)cc1Cl)C(F)F. The molecule has 0 aliphatic rings.